The number of thioether (sulfide) groups is 1. The molecule has 1 aromatic heterocycles. The molecule has 0 amide bonds. The number of anilines is 1. The first-order valence-electron chi connectivity index (χ1n) is 10.6. The number of nitrogens with zero attached hydrogens (tertiary/aromatic N) is 4. The summed E-state index contributed by atoms with van der Waals surface area (Å²) in [5, 5.41) is 8.87. The lowest BCUT2D eigenvalue weighted by Gasteiger charge is -2.23. The Morgan fingerprint density at radius 3 is 2.48 bits per heavy atom. The van der Waals surface area contributed by atoms with Crippen LogP contribution in [0.15, 0.2) is 71.5 Å². The summed E-state index contributed by atoms with van der Waals surface area (Å²) in [5.74, 6) is 0.0305. The lowest BCUT2D eigenvalue weighted by atomic mass is 9.83. The quantitative estimate of drug-likeness (QED) is 0.297. The van der Waals surface area contributed by atoms with Gasteiger partial charge in [0.2, 0.25) is 0 Å². The Hall–Kier alpha value is -3.39. The second-order valence-corrected chi connectivity index (χ2v) is 9.29. The largest absolute Gasteiger partial charge is 0.457 e. The molecule has 0 saturated carbocycles. The standard InChI is InChI=1S/C25H26N4O3S/c1-17-26-27-24(29(17)18-10-6-5-7-11-18)33-16-23(31)32-15-19(30)14-22-25(2,3)20-12-8-9-13-21(20)28(22)4/h5-14H,15-16H2,1-4H3/b22-14-. The van der Waals surface area contributed by atoms with E-state index in [0.717, 1.165) is 28.5 Å². The highest BCUT2D eigenvalue weighted by atomic mass is 32.2. The fraction of sp³-hybridized carbons (Fsp3) is 0.280. The number of aromatic nitrogens is 3. The van der Waals surface area contributed by atoms with Crippen LogP contribution in [0.5, 0.6) is 0 Å². The van der Waals surface area contributed by atoms with Crippen LogP contribution in [0.2, 0.25) is 0 Å². The summed E-state index contributed by atoms with van der Waals surface area (Å²) in [6, 6.07) is 17.8. The molecule has 0 bridgehead atoms. The number of fused-ring (bicyclic) bond motifs is 1. The molecule has 0 N–H and O–H groups in total. The smallest absolute Gasteiger partial charge is 0.316 e. The van der Waals surface area contributed by atoms with Gasteiger partial charge in [0.25, 0.3) is 0 Å². The van der Waals surface area contributed by atoms with Crippen LogP contribution in [-0.2, 0) is 19.7 Å². The molecule has 7 nitrogen and oxygen atoms in total. The average molecular weight is 463 g/mol. The lowest BCUT2D eigenvalue weighted by molar-refractivity contribution is -0.144. The van der Waals surface area contributed by atoms with E-state index in [2.05, 4.69) is 30.1 Å². The van der Waals surface area contributed by atoms with Gasteiger partial charge in [0.15, 0.2) is 17.5 Å². The van der Waals surface area contributed by atoms with Crippen LogP contribution in [0.4, 0.5) is 5.69 Å². The molecular weight excluding hydrogens is 436 g/mol. The van der Waals surface area contributed by atoms with Gasteiger partial charge in [-0.3, -0.25) is 14.2 Å². The Kier molecular flexibility index (Phi) is 6.37. The van der Waals surface area contributed by atoms with E-state index >= 15 is 0 Å². The monoisotopic (exact) mass is 462 g/mol. The molecule has 33 heavy (non-hydrogen) atoms. The van der Waals surface area contributed by atoms with Crippen molar-refractivity contribution in [3.63, 3.8) is 0 Å². The lowest BCUT2D eigenvalue weighted by Crippen LogP contribution is -2.25. The van der Waals surface area contributed by atoms with Crippen molar-refractivity contribution >= 4 is 29.2 Å². The molecule has 0 spiro atoms. The number of carbonyl (C=O) groups excluding carboxylic acids is 2. The van der Waals surface area contributed by atoms with Gasteiger partial charge < -0.3 is 9.64 Å². The second kappa shape index (κ2) is 9.23. The Balaban J connectivity index is 1.36. The number of hydrogen-bond acceptors (Lipinski definition) is 7. The zero-order valence-corrected chi connectivity index (χ0v) is 19.9. The molecule has 0 unspecified atom stereocenters. The maximum Gasteiger partial charge on any atom is 0.316 e. The second-order valence-electron chi connectivity index (χ2n) is 8.35. The fourth-order valence-electron chi connectivity index (χ4n) is 4.08. The van der Waals surface area contributed by atoms with Crippen molar-refractivity contribution in [2.45, 2.75) is 31.3 Å². The molecule has 1 aliphatic heterocycles. The van der Waals surface area contributed by atoms with Gasteiger partial charge in [0, 0.05) is 35.6 Å². The Labute approximate surface area is 197 Å². The molecule has 8 heteroatoms. The van der Waals surface area contributed by atoms with Crippen molar-refractivity contribution in [1.29, 1.82) is 0 Å². The molecule has 3 aromatic rings. The molecule has 170 valence electrons. The van der Waals surface area contributed by atoms with Crippen molar-refractivity contribution < 1.29 is 14.3 Å². The number of likely N-dealkylation sites (N-methyl/N-ethyl adjacent to an activating group) is 1. The van der Waals surface area contributed by atoms with Crippen LogP contribution in [0.1, 0.15) is 25.2 Å². The van der Waals surface area contributed by atoms with Crippen LogP contribution in [0.3, 0.4) is 0 Å². The predicted molar refractivity (Wildman–Crippen MR) is 129 cm³/mol. The fourth-order valence-corrected chi connectivity index (χ4v) is 4.88. The van der Waals surface area contributed by atoms with Crippen LogP contribution in [-0.4, -0.2) is 45.9 Å². The molecule has 0 atom stereocenters. The van der Waals surface area contributed by atoms with Crippen LogP contribution in [0, 0.1) is 6.92 Å². The molecule has 1 aliphatic rings. The van der Waals surface area contributed by atoms with Gasteiger partial charge in [0.05, 0.1) is 5.75 Å². The number of ketones is 1. The van der Waals surface area contributed by atoms with E-state index < -0.39 is 5.97 Å². The number of rotatable bonds is 7. The summed E-state index contributed by atoms with van der Waals surface area (Å²) in [6.45, 7) is 5.73. The number of carbonyl (C=O) groups is 2. The summed E-state index contributed by atoms with van der Waals surface area (Å²) in [7, 11) is 1.94. The SMILES string of the molecule is Cc1nnc(SCC(=O)OCC(=O)/C=C2\N(C)c3ccccc3C2(C)C)n1-c1ccccc1. The third kappa shape index (κ3) is 4.57. The number of allylic oxidation sites excluding steroid dienone is 1. The van der Waals surface area contributed by atoms with Gasteiger partial charge in [-0.25, -0.2) is 0 Å². The third-order valence-corrected chi connectivity index (χ3v) is 6.64. The first-order valence-corrected chi connectivity index (χ1v) is 11.6. The molecule has 0 radical (unpaired) electrons. The summed E-state index contributed by atoms with van der Waals surface area (Å²) in [4.78, 5) is 26.9. The van der Waals surface area contributed by atoms with Crippen molar-refractivity contribution in [1.82, 2.24) is 14.8 Å². The van der Waals surface area contributed by atoms with Crippen LogP contribution >= 0.6 is 11.8 Å². The molecule has 4 rings (SSSR count). The molecule has 2 aromatic carbocycles. The van der Waals surface area contributed by atoms with Gasteiger partial charge in [-0.1, -0.05) is 62.0 Å². The van der Waals surface area contributed by atoms with Gasteiger partial charge in [0.1, 0.15) is 5.82 Å². The number of benzene rings is 2. The highest BCUT2D eigenvalue weighted by Crippen LogP contribution is 2.46. The van der Waals surface area contributed by atoms with Crippen molar-refractivity contribution in [2.75, 3.05) is 24.3 Å². The van der Waals surface area contributed by atoms with E-state index in [0.29, 0.717) is 5.16 Å². The summed E-state index contributed by atoms with van der Waals surface area (Å²) < 4.78 is 7.12. The van der Waals surface area contributed by atoms with E-state index in [1.165, 1.54) is 11.8 Å². The highest BCUT2D eigenvalue weighted by Gasteiger charge is 2.38. The minimum atomic E-state index is -0.477. The minimum absolute atomic E-state index is 0.0334. The van der Waals surface area contributed by atoms with Crippen LogP contribution < -0.4 is 4.90 Å². The topological polar surface area (TPSA) is 77.3 Å². The number of esters is 1. The van der Waals surface area contributed by atoms with Crippen molar-refractivity contribution in [3.8, 4) is 5.69 Å². The van der Waals surface area contributed by atoms with Crippen molar-refractivity contribution in [2.24, 2.45) is 0 Å². The van der Waals surface area contributed by atoms with Gasteiger partial charge >= 0.3 is 5.97 Å². The van der Waals surface area contributed by atoms with E-state index in [4.69, 9.17) is 4.74 Å². The normalized spacial score (nSPS) is 15.5. The zero-order valence-electron chi connectivity index (χ0n) is 19.1. The summed E-state index contributed by atoms with van der Waals surface area (Å²) in [5.41, 5.74) is 3.73. The molecule has 2 heterocycles. The molecule has 0 aliphatic carbocycles. The van der Waals surface area contributed by atoms with E-state index in [1.54, 1.807) is 6.08 Å². The Morgan fingerprint density at radius 2 is 1.76 bits per heavy atom. The number of hydrogen-bond donors (Lipinski definition) is 0. The maximum atomic E-state index is 12.6. The van der Waals surface area contributed by atoms with Crippen molar-refractivity contribution in [3.05, 3.63) is 77.8 Å². The number of para-hydroxylation sites is 2. The van der Waals surface area contributed by atoms with E-state index in [-0.39, 0.29) is 23.6 Å². The summed E-state index contributed by atoms with van der Waals surface area (Å²) in [6.07, 6.45) is 1.58. The predicted octanol–water partition coefficient (Wildman–Crippen LogP) is 4.09. The van der Waals surface area contributed by atoms with Crippen LogP contribution in [0.25, 0.3) is 5.69 Å². The van der Waals surface area contributed by atoms with Gasteiger partial charge in [-0.2, -0.15) is 0 Å². The number of ether oxygens (including phenoxy) is 1. The average Bonchev–Trinajstić information content (AvgIpc) is 3.27. The Morgan fingerprint density at radius 1 is 1.06 bits per heavy atom. The van der Waals surface area contributed by atoms with E-state index in [9.17, 15) is 9.59 Å². The molecule has 0 saturated heterocycles. The zero-order chi connectivity index (χ0) is 23.6. The first kappa shape index (κ1) is 22.8. The molecular formula is C25H26N4O3S. The first-order chi connectivity index (χ1) is 15.8. The highest BCUT2D eigenvalue weighted by molar-refractivity contribution is 7.99. The van der Waals surface area contributed by atoms with Gasteiger partial charge in [-0.05, 0) is 30.7 Å². The van der Waals surface area contributed by atoms with Gasteiger partial charge in [-0.15, -0.1) is 10.2 Å². The van der Waals surface area contributed by atoms with E-state index in [1.807, 2.05) is 72.0 Å². The maximum absolute atomic E-state index is 12.6. The summed E-state index contributed by atoms with van der Waals surface area (Å²) >= 11 is 1.23. The number of aryl methyl sites for hydroxylation is 1. The minimum Gasteiger partial charge on any atom is -0.457 e. The Bertz CT molecular complexity index is 1220. The molecule has 0 fully saturated rings. The third-order valence-electron chi connectivity index (χ3n) is 5.74.